The SMILES string of the molecule is CCOC(=O)[C@@H]1Oc2c(c(=O)oc3ccccc23)[C@H]1c1ccccc1. The smallest absolute Gasteiger partial charge is 0.348 e. The molecule has 0 unspecified atom stereocenters. The zero-order chi connectivity index (χ0) is 17.4. The molecule has 0 fully saturated rings. The molecule has 2 aromatic carbocycles. The summed E-state index contributed by atoms with van der Waals surface area (Å²) < 4.78 is 16.6. The van der Waals surface area contributed by atoms with Crippen molar-refractivity contribution < 1.29 is 18.7 Å². The van der Waals surface area contributed by atoms with Gasteiger partial charge in [0, 0.05) is 0 Å². The van der Waals surface area contributed by atoms with Crippen molar-refractivity contribution in [3.8, 4) is 5.75 Å². The number of benzene rings is 2. The Hall–Kier alpha value is -3.08. The van der Waals surface area contributed by atoms with Gasteiger partial charge in [-0.25, -0.2) is 9.59 Å². The highest BCUT2D eigenvalue weighted by atomic mass is 16.6. The first-order valence-corrected chi connectivity index (χ1v) is 8.14. The van der Waals surface area contributed by atoms with E-state index in [9.17, 15) is 9.59 Å². The summed E-state index contributed by atoms with van der Waals surface area (Å²) in [6.45, 7) is 1.98. The summed E-state index contributed by atoms with van der Waals surface area (Å²) in [4.78, 5) is 25.1. The molecule has 2 atom stereocenters. The molecule has 0 saturated carbocycles. The maximum Gasteiger partial charge on any atom is 0.348 e. The minimum absolute atomic E-state index is 0.242. The van der Waals surface area contributed by atoms with E-state index in [1.165, 1.54) is 0 Å². The van der Waals surface area contributed by atoms with Crippen molar-refractivity contribution in [2.75, 3.05) is 6.61 Å². The lowest BCUT2D eigenvalue weighted by Gasteiger charge is -2.17. The number of para-hydroxylation sites is 1. The number of carbonyl (C=O) groups excluding carboxylic acids is 1. The number of carbonyl (C=O) groups is 1. The Balaban J connectivity index is 1.96. The fourth-order valence-electron chi connectivity index (χ4n) is 3.29. The summed E-state index contributed by atoms with van der Waals surface area (Å²) in [6.07, 6.45) is -0.911. The minimum Gasteiger partial charge on any atom is -0.476 e. The van der Waals surface area contributed by atoms with Gasteiger partial charge in [0.25, 0.3) is 0 Å². The highest BCUT2D eigenvalue weighted by Crippen LogP contribution is 2.44. The molecule has 4 rings (SSSR count). The largest absolute Gasteiger partial charge is 0.476 e. The molecule has 3 aromatic rings. The average Bonchev–Trinajstić information content (AvgIpc) is 3.04. The first kappa shape index (κ1) is 15.4. The van der Waals surface area contributed by atoms with E-state index >= 15 is 0 Å². The molecule has 1 aromatic heterocycles. The number of hydrogen-bond donors (Lipinski definition) is 0. The van der Waals surface area contributed by atoms with Crippen molar-refractivity contribution in [2.45, 2.75) is 18.9 Å². The van der Waals surface area contributed by atoms with Gasteiger partial charge in [0.15, 0.2) is 0 Å². The fourth-order valence-corrected chi connectivity index (χ4v) is 3.29. The molecule has 126 valence electrons. The highest BCUT2D eigenvalue weighted by Gasteiger charge is 2.44. The third kappa shape index (κ3) is 2.48. The second-order valence-electron chi connectivity index (χ2n) is 5.81. The summed E-state index contributed by atoms with van der Waals surface area (Å²) in [6, 6.07) is 16.5. The Labute approximate surface area is 143 Å². The van der Waals surface area contributed by atoms with Crippen LogP contribution in [0, 0.1) is 0 Å². The number of ether oxygens (including phenoxy) is 2. The van der Waals surface area contributed by atoms with E-state index in [0.717, 1.165) is 5.56 Å². The van der Waals surface area contributed by atoms with E-state index < -0.39 is 23.6 Å². The molecule has 5 nitrogen and oxygen atoms in total. The lowest BCUT2D eigenvalue weighted by atomic mass is 9.88. The van der Waals surface area contributed by atoms with Crippen LogP contribution in [0.2, 0.25) is 0 Å². The van der Waals surface area contributed by atoms with Crippen molar-refractivity contribution in [2.24, 2.45) is 0 Å². The van der Waals surface area contributed by atoms with Crippen molar-refractivity contribution in [3.63, 3.8) is 0 Å². The molecule has 0 N–H and O–H groups in total. The fraction of sp³-hybridized carbons (Fsp3) is 0.200. The lowest BCUT2D eigenvalue weighted by Crippen LogP contribution is -2.32. The van der Waals surface area contributed by atoms with Crippen LogP contribution in [-0.4, -0.2) is 18.7 Å². The number of esters is 1. The van der Waals surface area contributed by atoms with E-state index in [1.807, 2.05) is 42.5 Å². The molecule has 0 spiro atoms. The Morgan fingerprint density at radius 2 is 1.80 bits per heavy atom. The van der Waals surface area contributed by atoms with Crippen molar-refractivity contribution in [1.29, 1.82) is 0 Å². The van der Waals surface area contributed by atoms with Gasteiger partial charge >= 0.3 is 11.6 Å². The highest BCUT2D eigenvalue weighted by molar-refractivity contribution is 5.88. The van der Waals surface area contributed by atoms with Crippen molar-refractivity contribution in [1.82, 2.24) is 0 Å². The van der Waals surface area contributed by atoms with Crippen LogP contribution in [0.25, 0.3) is 11.0 Å². The third-order valence-corrected chi connectivity index (χ3v) is 4.34. The van der Waals surface area contributed by atoms with Gasteiger partial charge in [-0.3, -0.25) is 0 Å². The first-order chi connectivity index (χ1) is 12.2. The van der Waals surface area contributed by atoms with Crippen LogP contribution in [0.4, 0.5) is 0 Å². The topological polar surface area (TPSA) is 65.7 Å². The van der Waals surface area contributed by atoms with Crippen LogP contribution in [0.3, 0.4) is 0 Å². The molecule has 0 aliphatic carbocycles. The molecule has 0 radical (unpaired) electrons. The average molecular weight is 336 g/mol. The second-order valence-corrected chi connectivity index (χ2v) is 5.81. The molecule has 25 heavy (non-hydrogen) atoms. The zero-order valence-electron chi connectivity index (χ0n) is 13.6. The van der Waals surface area contributed by atoms with Gasteiger partial charge < -0.3 is 13.9 Å². The van der Waals surface area contributed by atoms with Crippen LogP contribution in [-0.2, 0) is 9.53 Å². The Morgan fingerprint density at radius 3 is 2.56 bits per heavy atom. The summed E-state index contributed by atoms with van der Waals surface area (Å²) in [5.74, 6) is -0.647. The van der Waals surface area contributed by atoms with Gasteiger partial charge in [-0.2, -0.15) is 0 Å². The first-order valence-electron chi connectivity index (χ1n) is 8.14. The molecular weight excluding hydrogens is 320 g/mol. The third-order valence-electron chi connectivity index (χ3n) is 4.34. The Morgan fingerprint density at radius 1 is 1.08 bits per heavy atom. The van der Waals surface area contributed by atoms with Gasteiger partial charge in [0.05, 0.1) is 23.5 Å². The molecular formula is C20H16O5. The zero-order valence-corrected chi connectivity index (χ0v) is 13.6. The van der Waals surface area contributed by atoms with E-state index in [1.54, 1.807) is 19.1 Å². The standard InChI is InChI=1S/C20H16O5/c1-2-23-20(22)18-15(12-8-4-3-5-9-12)16-17(25-18)13-10-6-7-11-14(13)24-19(16)21/h3-11,15,18H,2H2,1H3/t15-,18-/m1/s1. The summed E-state index contributed by atoms with van der Waals surface area (Å²) >= 11 is 0. The van der Waals surface area contributed by atoms with Gasteiger partial charge in [-0.1, -0.05) is 42.5 Å². The molecule has 0 bridgehead atoms. The molecule has 1 aliphatic rings. The second kappa shape index (κ2) is 6.09. The summed E-state index contributed by atoms with van der Waals surface area (Å²) in [7, 11) is 0. The maximum absolute atomic E-state index is 12.6. The Bertz CT molecular complexity index is 990. The van der Waals surface area contributed by atoms with Gasteiger partial charge in [-0.05, 0) is 24.6 Å². The van der Waals surface area contributed by atoms with Crippen molar-refractivity contribution in [3.05, 3.63) is 76.1 Å². The lowest BCUT2D eigenvalue weighted by molar-refractivity contribution is -0.151. The van der Waals surface area contributed by atoms with E-state index in [-0.39, 0.29) is 6.61 Å². The summed E-state index contributed by atoms with van der Waals surface area (Å²) in [5, 5.41) is 0.671. The number of rotatable bonds is 3. The van der Waals surface area contributed by atoms with Crippen molar-refractivity contribution >= 4 is 16.9 Å². The van der Waals surface area contributed by atoms with Crippen LogP contribution in [0.5, 0.6) is 5.75 Å². The number of fused-ring (bicyclic) bond motifs is 3. The number of hydrogen-bond acceptors (Lipinski definition) is 5. The monoisotopic (exact) mass is 336 g/mol. The molecule has 0 amide bonds. The predicted octanol–water partition coefficient (Wildman–Crippen LogP) is 3.25. The molecule has 0 saturated heterocycles. The van der Waals surface area contributed by atoms with E-state index in [2.05, 4.69) is 0 Å². The maximum atomic E-state index is 12.6. The Kier molecular flexibility index (Phi) is 3.76. The predicted molar refractivity (Wildman–Crippen MR) is 91.8 cm³/mol. The van der Waals surface area contributed by atoms with Gasteiger partial charge in [0.2, 0.25) is 6.10 Å². The summed E-state index contributed by atoms with van der Waals surface area (Å²) in [5.41, 5.74) is 1.11. The van der Waals surface area contributed by atoms with Crippen LogP contribution in [0.15, 0.2) is 63.8 Å². The molecule has 1 aliphatic heterocycles. The van der Waals surface area contributed by atoms with Crippen LogP contribution < -0.4 is 10.4 Å². The van der Waals surface area contributed by atoms with Gasteiger partial charge in [-0.15, -0.1) is 0 Å². The van der Waals surface area contributed by atoms with Crippen LogP contribution in [0.1, 0.15) is 24.0 Å². The van der Waals surface area contributed by atoms with Gasteiger partial charge in [0.1, 0.15) is 11.3 Å². The normalized spacial score (nSPS) is 18.6. The molecule has 2 heterocycles. The molecule has 5 heteroatoms. The minimum atomic E-state index is -0.911. The van der Waals surface area contributed by atoms with Crippen LogP contribution >= 0.6 is 0 Å². The quantitative estimate of drug-likeness (QED) is 0.542. The van der Waals surface area contributed by atoms with E-state index in [0.29, 0.717) is 22.3 Å². The van der Waals surface area contributed by atoms with E-state index in [4.69, 9.17) is 13.9 Å².